The predicted octanol–water partition coefficient (Wildman–Crippen LogP) is 1.57. The molecule has 0 aromatic heterocycles. The predicted molar refractivity (Wildman–Crippen MR) is 54.0 cm³/mol. The van der Waals surface area contributed by atoms with Crippen LogP contribution in [-0.4, -0.2) is 36.1 Å². The molecule has 2 aliphatic rings. The molecule has 0 atom stereocenters. The summed E-state index contributed by atoms with van der Waals surface area (Å²) in [6.45, 7) is 3.60. The van der Waals surface area contributed by atoms with Crippen LogP contribution in [0.3, 0.4) is 0 Å². The van der Waals surface area contributed by atoms with E-state index in [1.165, 1.54) is 12.8 Å². The Kier molecular flexibility index (Phi) is 3.06. The van der Waals surface area contributed by atoms with Crippen LogP contribution in [0, 0.1) is 0 Å². The van der Waals surface area contributed by atoms with E-state index in [0.29, 0.717) is 24.4 Å². The van der Waals surface area contributed by atoms with Gasteiger partial charge in [0.1, 0.15) is 0 Å². The fourth-order valence-electron chi connectivity index (χ4n) is 2.20. The van der Waals surface area contributed by atoms with E-state index in [1.807, 2.05) is 6.92 Å². The van der Waals surface area contributed by atoms with E-state index in [0.717, 1.165) is 26.1 Å². The average molecular weight is 197 g/mol. The number of nitrogens with zero attached hydrogens (tertiary/aromatic N) is 1. The minimum atomic E-state index is 0.333. The zero-order valence-corrected chi connectivity index (χ0v) is 8.87. The minimum Gasteiger partial charge on any atom is -0.381 e. The molecule has 0 aromatic carbocycles. The van der Waals surface area contributed by atoms with E-state index in [1.54, 1.807) is 0 Å². The third-order valence-electron chi connectivity index (χ3n) is 3.11. The highest BCUT2D eigenvalue weighted by Gasteiger charge is 2.36. The SMILES string of the molecule is CCC(=O)N(C1CCOCC1)C1CC1. The van der Waals surface area contributed by atoms with Crippen LogP contribution >= 0.6 is 0 Å². The van der Waals surface area contributed by atoms with Crippen LogP contribution < -0.4 is 0 Å². The summed E-state index contributed by atoms with van der Waals surface area (Å²) in [5.41, 5.74) is 0. The summed E-state index contributed by atoms with van der Waals surface area (Å²) in [5, 5.41) is 0. The van der Waals surface area contributed by atoms with Crippen LogP contribution in [0.15, 0.2) is 0 Å². The smallest absolute Gasteiger partial charge is 0.222 e. The second kappa shape index (κ2) is 4.30. The fourth-order valence-corrected chi connectivity index (χ4v) is 2.20. The van der Waals surface area contributed by atoms with Crippen LogP contribution in [0.1, 0.15) is 39.0 Å². The first-order valence-corrected chi connectivity index (χ1v) is 5.72. The molecule has 1 amide bonds. The molecule has 0 N–H and O–H groups in total. The lowest BCUT2D eigenvalue weighted by Gasteiger charge is -2.34. The van der Waals surface area contributed by atoms with E-state index < -0.39 is 0 Å². The Labute approximate surface area is 85.4 Å². The fraction of sp³-hybridized carbons (Fsp3) is 0.909. The van der Waals surface area contributed by atoms with Crippen molar-refractivity contribution in [1.82, 2.24) is 4.90 Å². The Balaban J connectivity index is 1.97. The highest BCUT2D eigenvalue weighted by Crippen LogP contribution is 2.31. The Hall–Kier alpha value is -0.570. The van der Waals surface area contributed by atoms with Crippen molar-refractivity contribution in [3.8, 4) is 0 Å². The van der Waals surface area contributed by atoms with Gasteiger partial charge in [-0.1, -0.05) is 6.92 Å². The van der Waals surface area contributed by atoms with E-state index in [9.17, 15) is 4.79 Å². The average Bonchev–Trinajstić information content (AvgIpc) is 3.04. The lowest BCUT2D eigenvalue weighted by atomic mass is 10.1. The summed E-state index contributed by atoms with van der Waals surface area (Å²) < 4.78 is 5.33. The molecule has 1 aliphatic heterocycles. The zero-order valence-electron chi connectivity index (χ0n) is 8.87. The number of amides is 1. The second-order valence-corrected chi connectivity index (χ2v) is 4.23. The topological polar surface area (TPSA) is 29.5 Å². The van der Waals surface area contributed by atoms with Crippen molar-refractivity contribution in [3.63, 3.8) is 0 Å². The van der Waals surface area contributed by atoms with Crippen LogP contribution in [0.5, 0.6) is 0 Å². The third-order valence-corrected chi connectivity index (χ3v) is 3.11. The van der Waals surface area contributed by atoms with Gasteiger partial charge in [-0.15, -0.1) is 0 Å². The van der Waals surface area contributed by atoms with Crippen molar-refractivity contribution in [3.05, 3.63) is 0 Å². The van der Waals surface area contributed by atoms with Gasteiger partial charge >= 0.3 is 0 Å². The molecule has 80 valence electrons. The van der Waals surface area contributed by atoms with Crippen molar-refractivity contribution < 1.29 is 9.53 Å². The van der Waals surface area contributed by atoms with Gasteiger partial charge in [-0.2, -0.15) is 0 Å². The molecule has 2 rings (SSSR count). The summed E-state index contributed by atoms with van der Waals surface area (Å²) in [4.78, 5) is 13.9. The molecule has 0 radical (unpaired) electrons. The molecule has 3 nitrogen and oxygen atoms in total. The van der Waals surface area contributed by atoms with Gasteiger partial charge in [-0.3, -0.25) is 4.79 Å². The molecular formula is C11H19NO2. The van der Waals surface area contributed by atoms with Crippen molar-refractivity contribution in [2.75, 3.05) is 13.2 Å². The maximum Gasteiger partial charge on any atom is 0.222 e. The van der Waals surface area contributed by atoms with Crippen LogP contribution in [0.4, 0.5) is 0 Å². The zero-order chi connectivity index (χ0) is 9.97. The van der Waals surface area contributed by atoms with Crippen LogP contribution in [-0.2, 0) is 9.53 Å². The summed E-state index contributed by atoms with van der Waals surface area (Å²) >= 11 is 0. The summed E-state index contributed by atoms with van der Waals surface area (Å²) in [7, 11) is 0. The number of carbonyl (C=O) groups is 1. The molecule has 0 bridgehead atoms. The van der Waals surface area contributed by atoms with Gasteiger partial charge in [0.2, 0.25) is 5.91 Å². The monoisotopic (exact) mass is 197 g/mol. The molecule has 1 saturated heterocycles. The van der Waals surface area contributed by atoms with Gasteiger partial charge in [0.15, 0.2) is 0 Å². The molecule has 0 unspecified atom stereocenters. The maximum atomic E-state index is 11.8. The number of carbonyl (C=O) groups excluding carboxylic acids is 1. The first-order valence-electron chi connectivity index (χ1n) is 5.72. The Bertz CT molecular complexity index is 207. The van der Waals surface area contributed by atoms with E-state index in [4.69, 9.17) is 4.74 Å². The van der Waals surface area contributed by atoms with Gasteiger partial charge in [-0.05, 0) is 25.7 Å². The summed E-state index contributed by atoms with van der Waals surface area (Å²) in [6, 6.07) is 1.02. The second-order valence-electron chi connectivity index (χ2n) is 4.23. The van der Waals surface area contributed by atoms with Crippen molar-refractivity contribution in [1.29, 1.82) is 0 Å². The van der Waals surface area contributed by atoms with Crippen molar-refractivity contribution >= 4 is 5.91 Å². The Morgan fingerprint density at radius 2 is 1.79 bits per heavy atom. The van der Waals surface area contributed by atoms with E-state index in [-0.39, 0.29) is 0 Å². The number of hydrogen-bond acceptors (Lipinski definition) is 2. The minimum absolute atomic E-state index is 0.333. The molecule has 0 aromatic rings. The van der Waals surface area contributed by atoms with Gasteiger partial charge in [0, 0.05) is 31.7 Å². The lowest BCUT2D eigenvalue weighted by Crippen LogP contribution is -2.44. The van der Waals surface area contributed by atoms with Crippen LogP contribution in [0.2, 0.25) is 0 Å². The highest BCUT2D eigenvalue weighted by atomic mass is 16.5. The normalized spacial score (nSPS) is 23.5. The number of ether oxygens (including phenoxy) is 1. The summed E-state index contributed by atoms with van der Waals surface area (Å²) in [5.74, 6) is 0.333. The molecular weight excluding hydrogens is 178 g/mol. The largest absolute Gasteiger partial charge is 0.381 e. The molecule has 1 heterocycles. The molecule has 1 aliphatic carbocycles. The van der Waals surface area contributed by atoms with Crippen molar-refractivity contribution in [2.24, 2.45) is 0 Å². The standard InChI is InChI=1S/C11H19NO2/c1-2-11(13)12(9-3-4-9)10-5-7-14-8-6-10/h9-10H,2-8H2,1H3. The molecule has 14 heavy (non-hydrogen) atoms. The van der Waals surface area contributed by atoms with E-state index >= 15 is 0 Å². The molecule has 0 spiro atoms. The van der Waals surface area contributed by atoms with Gasteiger partial charge < -0.3 is 9.64 Å². The highest BCUT2D eigenvalue weighted by molar-refractivity contribution is 5.76. The van der Waals surface area contributed by atoms with E-state index in [2.05, 4.69) is 4.90 Å². The summed E-state index contributed by atoms with van der Waals surface area (Å²) in [6.07, 6.45) is 5.13. The Morgan fingerprint density at radius 1 is 1.21 bits per heavy atom. The molecule has 2 fully saturated rings. The first kappa shape index (κ1) is 9.97. The van der Waals surface area contributed by atoms with Crippen LogP contribution in [0.25, 0.3) is 0 Å². The maximum absolute atomic E-state index is 11.8. The van der Waals surface area contributed by atoms with Gasteiger partial charge in [0.05, 0.1) is 0 Å². The number of hydrogen-bond donors (Lipinski definition) is 0. The number of rotatable bonds is 3. The quantitative estimate of drug-likeness (QED) is 0.687. The van der Waals surface area contributed by atoms with Gasteiger partial charge in [0.25, 0.3) is 0 Å². The lowest BCUT2D eigenvalue weighted by molar-refractivity contribution is -0.135. The van der Waals surface area contributed by atoms with Crippen molar-refractivity contribution in [2.45, 2.75) is 51.1 Å². The third kappa shape index (κ3) is 2.08. The molecule has 1 saturated carbocycles. The Morgan fingerprint density at radius 3 is 2.29 bits per heavy atom. The molecule has 3 heteroatoms. The van der Waals surface area contributed by atoms with Gasteiger partial charge in [-0.25, -0.2) is 0 Å². The first-order chi connectivity index (χ1) is 6.83.